The number of amides is 5. The van der Waals surface area contributed by atoms with E-state index >= 15 is 0 Å². The maximum atomic E-state index is 14.4. The van der Waals surface area contributed by atoms with Gasteiger partial charge >= 0.3 is 12.2 Å². The van der Waals surface area contributed by atoms with E-state index in [1.165, 1.54) is 15.9 Å². The van der Waals surface area contributed by atoms with E-state index in [1.807, 2.05) is 12.2 Å². The van der Waals surface area contributed by atoms with Gasteiger partial charge in [0, 0.05) is 24.4 Å². The van der Waals surface area contributed by atoms with Crippen molar-refractivity contribution in [2.75, 3.05) is 6.54 Å². The topological polar surface area (TPSA) is 181 Å². The van der Waals surface area contributed by atoms with E-state index < -0.39 is 86.2 Å². The van der Waals surface area contributed by atoms with E-state index in [0.29, 0.717) is 36.8 Å². The van der Waals surface area contributed by atoms with Crippen LogP contribution < -0.4 is 15.4 Å². The number of fused-ring (bicyclic) bond motifs is 3. The summed E-state index contributed by atoms with van der Waals surface area (Å²) >= 11 is 0. The number of rotatable bonds is 5. The number of nitrogens with one attached hydrogen (secondary N) is 3. The quantitative estimate of drug-likeness (QED) is 0.384. The fourth-order valence-electron chi connectivity index (χ4n) is 7.02. The lowest BCUT2D eigenvalue weighted by Crippen LogP contribution is -2.58. The summed E-state index contributed by atoms with van der Waals surface area (Å²) in [4.78, 5) is 70.8. The molecule has 0 bridgehead atoms. The Balaban J connectivity index is 1.25. The maximum absolute atomic E-state index is 14.4. The molecule has 3 N–H and O–H groups in total. The predicted octanol–water partition coefficient (Wildman–Crippen LogP) is 3.14. The molecule has 1 saturated heterocycles. The zero-order valence-corrected chi connectivity index (χ0v) is 29.9. The van der Waals surface area contributed by atoms with Crippen molar-refractivity contribution in [1.82, 2.24) is 25.2 Å². The molecule has 2 saturated carbocycles. The minimum absolute atomic E-state index is 0.00168. The van der Waals surface area contributed by atoms with Crippen LogP contribution in [0.1, 0.15) is 89.7 Å². The second-order valence-electron chi connectivity index (χ2n) is 15.2. The molecular formula is C35H46FN5O9S. The summed E-state index contributed by atoms with van der Waals surface area (Å²) < 4.78 is 53.3. The van der Waals surface area contributed by atoms with Gasteiger partial charge in [0.15, 0.2) is 0 Å². The molecule has 6 rings (SSSR count). The van der Waals surface area contributed by atoms with Crippen molar-refractivity contribution in [3.63, 3.8) is 0 Å². The van der Waals surface area contributed by atoms with Crippen LogP contribution in [0.4, 0.5) is 14.0 Å². The molecule has 3 fully saturated rings. The van der Waals surface area contributed by atoms with E-state index in [2.05, 4.69) is 15.4 Å². The van der Waals surface area contributed by atoms with Crippen molar-refractivity contribution < 1.29 is 46.3 Å². The van der Waals surface area contributed by atoms with Crippen molar-refractivity contribution >= 4 is 39.9 Å². The normalized spacial score (nSPS) is 28.3. The molecule has 0 unspecified atom stereocenters. The lowest BCUT2D eigenvalue weighted by Gasteiger charge is -2.30. The molecule has 278 valence electrons. The maximum Gasteiger partial charge on any atom is 0.410 e. The van der Waals surface area contributed by atoms with Crippen molar-refractivity contribution in [2.45, 2.75) is 126 Å². The first-order valence-electron chi connectivity index (χ1n) is 17.6. The Morgan fingerprint density at radius 3 is 2.53 bits per heavy atom. The number of carbonyl (C=O) groups excluding carboxylic acids is 5. The third kappa shape index (κ3) is 8.31. The van der Waals surface area contributed by atoms with Crippen molar-refractivity contribution in [3.8, 4) is 0 Å². The smallest absolute Gasteiger partial charge is 0.410 e. The number of alkyl carbamates (subject to hydrolysis) is 1. The third-order valence-electron chi connectivity index (χ3n) is 9.99. The Hall–Kier alpha value is -4.21. The first kappa shape index (κ1) is 36.6. The molecule has 14 nitrogen and oxygen atoms in total. The van der Waals surface area contributed by atoms with Gasteiger partial charge in [0.2, 0.25) is 21.8 Å². The standard InChI is InChI=1S/C35H46FN5O9S/c1-34(2,3)50-32(45)37-27-13-8-6-4-5-7-11-22-17-35(22,31(44)39-51(47,48)24-14-15-24)38-29(42)28-16-23(19-41(28)30(27)43)49-33(46)40-18-21-10-9-12-26(36)25(21)20-40/h7,9-12,22-24,27-28H,4-6,8,13-20H2,1-3H3,(H,37,45)(H,38,42)(H,39,44)/t22-,23-,27+,28+,35+/m1/s1. The van der Waals surface area contributed by atoms with Gasteiger partial charge in [-0.25, -0.2) is 22.4 Å². The number of hydrogen-bond donors (Lipinski definition) is 3. The molecule has 5 atom stereocenters. The first-order chi connectivity index (χ1) is 24.1. The largest absolute Gasteiger partial charge is 0.444 e. The van der Waals surface area contributed by atoms with Gasteiger partial charge in [-0.15, -0.1) is 0 Å². The summed E-state index contributed by atoms with van der Waals surface area (Å²) in [7, 11) is -3.92. The summed E-state index contributed by atoms with van der Waals surface area (Å²) in [6.45, 7) is 5.01. The Morgan fingerprint density at radius 1 is 1.06 bits per heavy atom. The average molecular weight is 732 g/mol. The van der Waals surface area contributed by atoms with Gasteiger partial charge in [0.25, 0.3) is 5.91 Å². The minimum atomic E-state index is -3.92. The van der Waals surface area contributed by atoms with Crippen LogP contribution in [0.15, 0.2) is 30.4 Å². The van der Waals surface area contributed by atoms with E-state index in [9.17, 15) is 36.8 Å². The van der Waals surface area contributed by atoms with Gasteiger partial charge in [-0.2, -0.15) is 0 Å². The summed E-state index contributed by atoms with van der Waals surface area (Å²) in [6, 6.07) is 2.30. The summed E-state index contributed by atoms with van der Waals surface area (Å²) in [5.74, 6) is -3.06. The molecule has 5 aliphatic rings. The molecule has 1 aromatic carbocycles. The molecule has 2 aliphatic carbocycles. The van der Waals surface area contributed by atoms with E-state index in [-0.39, 0.29) is 38.9 Å². The van der Waals surface area contributed by atoms with Gasteiger partial charge in [0.05, 0.1) is 18.3 Å². The average Bonchev–Trinajstić information content (AvgIpc) is 3.93. The lowest BCUT2D eigenvalue weighted by atomic mass is 10.0. The van der Waals surface area contributed by atoms with Gasteiger partial charge in [-0.3, -0.25) is 24.0 Å². The van der Waals surface area contributed by atoms with Crippen molar-refractivity contribution in [1.29, 1.82) is 0 Å². The highest BCUT2D eigenvalue weighted by molar-refractivity contribution is 7.91. The molecule has 16 heteroatoms. The number of ether oxygens (including phenoxy) is 2. The van der Waals surface area contributed by atoms with Gasteiger partial charge in [-0.05, 0) is 70.9 Å². The Morgan fingerprint density at radius 2 is 1.82 bits per heavy atom. The lowest BCUT2D eigenvalue weighted by molar-refractivity contribution is -0.141. The monoisotopic (exact) mass is 731 g/mol. The fourth-order valence-corrected chi connectivity index (χ4v) is 8.39. The highest BCUT2D eigenvalue weighted by Gasteiger charge is 2.62. The van der Waals surface area contributed by atoms with E-state index in [0.717, 1.165) is 12.8 Å². The van der Waals surface area contributed by atoms with Crippen LogP contribution in [0.2, 0.25) is 0 Å². The Bertz CT molecular complexity index is 1730. The van der Waals surface area contributed by atoms with Gasteiger partial charge < -0.3 is 25.0 Å². The van der Waals surface area contributed by atoms with Crippen LogP contribution in [-0.2, 0) is 47.0 Å². The Labute approximate surface area is 296 Å². The highest BCUT2D eigenvalue weighted by atomic mass is 32.2. The van der Waals surface area contributed by atoms with Crippen LogP contribution in [0.3, 0.4) is 0 Å². The molecule has 3 aliphatic heterocycles. The predicted molar refractivity (Wildman–Crippen MR) is 180 cm³/mol. The van der Waals surface area contributed by atoms with E-state index in [4.69, 9.17) is 9.47 Å². The Kier molecular flexibility index (Phi) is 10.1. The van der Waals surface area contributed by atoms with Gasteiger partial charge in [0.1, 0.15) is 35.1 Å². The third-order valence-corrected chi connectivity index (χ3v) is 11.8. The number of benzene rings is 1. The first-order valence-corrected chi connectivity index (χ1v) is 19.2. The summed E-state index contributed by atoms with van der Waals surface area (Å²) in [5.41, 5.74) is -1.36. The number of allylic oxidation sites excluding steroid dienone is 1. The van der Waals surface area contributed by atoms with Crippen molar-refractivity contribution in [3.05, 3.63) is 47.3 Å². The number of sulfonamides is 1. The van der Waals surface area contributed by atoms with Crippen LogP contribution in [0.5, 0.6) is 0 Å². The van der Waals surface area contributed by atoms with E-state index in [1.54, 1.807) is 32.9 Å². The summed E-state index contributed by atoms with van der Waals surface area (Å²) in [6.07, 6.45) is 5.10. The zero-order chi connectivity index (χ0) is 36.7. The molecule has 3 heterocycles. The number of halogens is 1. The minimum Gasteiger partial charge on any atom is -0.444 e. The molecule has 0 radical (unpaired) electrons. The molecular weight excluding hydrogens is 685 g/mol. The highest BCUT2D eigenvalue weighted by Crippen LogP contribution is 2.46. The number of carbonyl (C=O) groups is 5. The molecule has 1 aromatic rings. The molecule has 0 aromatic heterocycles. The van der Waals surface area contributed by atoms with Gasteiger partial charge in [-0.1, -0.05) is 37.1 Å². The van der Waals surface area contributed by atoms with Crippen LogP contribution >= 0.6 is 0 Å². The molecule has 5 amide bonds. The SMILES string of the molecule is CC(C)(C)OC(=O)N[C@H]1CCCCCC=C[C@@H]2C[C@]2(C(=O)NS(=O)(=O)C2CC2)NC(=O)[C@@H]2C[C@@H](OC(=O)N3Cc4cccc(F)c4C3)CN2C1=O. The van der Waals surface area contributed by atoms with Crippen LogP contribution in [0, 0.1) is 11.7 Å². The molecule has 51 heavy (non-hydrogen) atoms. The second kappa shape index (κ2) is 14.1. The van der Waals surface area contributed by atoms with Crippen molar-refractivity contribution in [2.24, 2.45) is 5.92 Å². The molecule has 0 spiro atoms. The number of nitrogens with zero attached hydrogens (tertiary/aromatic N) is 2. The fraction of sp³-hybridized carbons (Fsp3) is 0.629. The second-order valence-corrected chi connectivity index (χ2v) is 17.2. The van der Waals surface area contributed by atoms with Crippen LogP contribution in [-0.4, -0.2) is 89.2 Å². The summed E-state index contributed by atoms with van der Waals surface area (Å²) in [5, 5.41) is 4.79. The van der Waals surface area contributed by atoms with Crippen LogP contribution in [0.25, 0.3) is 0 Å². The number of hydrogen-bond acceptors (Lipinski definition) is 9. The zero-order valence-electron chi connectivity index (χ0n) is 29.1.